The molecule has 0 aliphatic carbocycles. The van der Waals surface area contributed by atoms with Gasteiger partial charge in [-0.15, -0.1) is 0 Å². The van der Waals surface area contributed by atoms with Crippen LogP contribution >= 0.6 is 0 Å². The molecule has 1 aromatic rings. The summed E-state index contributed by atoms with van der Waals surface area (Å²) in [5.74, 6) is 0.712. The highest BCUT2D eigenvalue weighted by atomic mass is 16.5. The van der Waals surface area contributed by atoms with E-state index in [-0.39, 0.29) is 19.2 Å². The zero-order valence-electron chi connectivity index (χ0n) is 10.7. The highest BCUT2D eigenvalue weighted by Gasteiger charge is 2.22. The number of amides is 1. The largest absolute Gasteiger partial charge is 0.482 e. The number of fused-ring (bicyclic) bond motifs is 1. The van der Waals surface area contributed by atoms with Crippen molar-refractivity contribution < 1.29 is 14.6 Å². The fraction of sp³-hybridized carbons (Fsp3) is 0.462. The van der Waals surface area contributed by atoms with Gasteiger partial charge in [-0.05, 0) is 31.2 Å². The van der Waals surface area contributed by atoms with E-state index in [0.717, 1.165) is 30.0 Å². The number of anilines is 1. The molecule has 0 spiro atoms. The first-order valence-electron chi connectivity index (χ1n) is 5.93. The van der Waals surface area contributed by atoms with Crippen molar-refractivity contribution in [2.45, 2.75) is 6.42 Å². The number of ether oxygens (including phenoxy) is 1. The van der Waals surface area contributed by atoms with Gasteiger partial charge in [0.25, 0.3) is 5.91 Å². The Balaban J connectivity index is 2.13. The number of likely N-dealkylation sites (N-methyl/N-ethyl adjacent to an activating group) is 2. The van der Waals surface area contributed by atoms with Crippen molar-refractivity contribution >= 4 is 11.6 Å². The monoisotopic (exact) mass is 250 g/mol. The number of nitrogens with zero attached hydrogens (tertiary/aromatic N) is 2. The predicted octanol–water partition coefficient (Wildman–Crippen LogP) is 0.466. The Kier molecular flexibility index (Phi) is 3.84. The third-order valence-corrected chi connectivity index (χ3v) is 3.13. The molecule has 0 bridgehead atoms. The first-order chi connectivity index (χ1) is 8.61. The topological polar surface area (TPSA) is 53.0 Å². The number of carbonyl (C=O) groups excluding carboxylic acids is 1. The lowest BCUT2D eigenvalue weighted by molar-refractivity contribution is -0.120. The van der Waals surface area contributed by atoms with Crippen molar-refractivity contribution in [2.75, 3.05) is 38.9 Å². The Morgan fingerprint density at radius 3 is 3.00 bits per heavy atom. The van der Waals surface area contributed by atoms with Crippen LogP contribution in [0.1, 0.15) is 5.56 Å². The lowest BCUT2D eigenvalue weighted by atomic mass is 10.1. The van der Waals surface area contributed by atoms with Crippen LogP contribution in [0.15, 0.2) is 18.2 Å². The van der Waals surface area contributed by atoms with Crippen LogP contribution < -0.4 is 9.64 Å². The average molecular weight is 250 g/mol. The van der Waals surface area contributed by atoms with E-state index < -0.39 is 0 Å². The van der Waals surface area contributed by atoms with Crippen molar-refractivity contribution in [3.63, 3.8) is 0 Å². The van der Waals surface area contributed by atoms with Gasteiger partial charge in [0.05, 0.1) is 12.4 Å². The first kappa shape index (κ1) is 12.9. The lowest BCUT2D eigenvalue weighted by Gasteiger charge is -2.26. The molecule has 1 amide bonds. The van der Waals surface area contributed by atoms with Gasteiger partial charge in [-0.2, -0.15) is 0 Å². The second kappa shape index (κ2) is 5.37. The Morgan fingerprint density at radius 2 is 2.28 bits per heavy atom. The van der Waals surface area contributed by atoms with Gasteiger partial charge in [0.2, 0.25) is 0 Å². The van der Waals surface area contributed by atoms with Crippen LogP contribution in [0.4, 0.5) is 5.69 Å². The number of benzene rings is 1. The third kappa shape index (κ3) is 2.63. The van der Waals surface area contributed by atoms with Crippen LogP contribution in [0.3, 0.4) is 0 Å². The molecule has 1 heterocycles. The van der Waals surface area contributed by atoms with Gasteiger partial charge in [-0.25, -0.2) is 0 Å². The molecule has 2 rings (SSSR count). The van der Waals surface area contributed by atoms with Gasteiger partial charge in [-0.3, -0.25) is 9.69 Å². The maximum absolute atomic E-state index is 11.5. The number of rotatable bonds is 4. The summed E-state index contributed by atoms with van der Waals surface area (Å²) in [4.78, 5) is 15.0. The second-order valence-corrected chi connectivity index (χ2v) is 4.51. The van der Waals surface area contributed by atoms with Crippen molar-refractivity contribution in [3.05, 3.63) is 23.8 Å². The molecule has 1 N–H and O–H groups in total. The molecule has 0 atom stereocenters. The van der Waals surface area contributed by atoms with E-state index in [9.17, 15) is 4.79 Å². The molecule has 0 fully saturated rings. The Hall–Kier alpha value is -1.59. The summed E-state index contributed by atoms with van der Waals surface area (Å²) >= 11 is 0. The molecular weight excluding hydrogens is 232 g/mol. The Bertz CT molecular complexity index is 448. The van der Waals surface area contributed by atoms with E-state index in [1.807, 2.05) is 30.1 Å². The molecule has 0 saturated heterocycles. The van der Waals surface area contributed by atoms with E-state index in [2.05, 4.69) is 0 Å². The van der Waals surface area contributed by atoms with Gasteiger partial charge in [0, 0.05) is 13.6 Å². The molecule has 1 aliphatic heterocycles. The molecular formula is C13H18N2O3. The molecule has 98 valence electrons. The minimum atomic E-state index is -0.0351. The zero-order valence-corrected chi connectivity index (χ0v) is 10.7. The van der Waals surface area contributed by atoms with Gasteiger partial charge in [0.15, 0.2) is 6.61 Å². The Labute approximate surface area is 107 Å². The standard InChI is InChI=1S/C13H18N2O3/c1-14(9-16)6-5-10-3-4-12-11(7-10)15(2)13(17)8-18-12/h3-4,7,16H,5-6,8-9H2,1-2H3. The minimum Gasteiger partial charge on any atom is -0.482 e. The van der Waals surface area contributed by atoms with E-state index in [1.165, 1.54) is 0 Å². The summed E-state index contributed by atoms with van der Waals surface area (Å²) in [7, 11) is 3.62. The molecule has 5 heteroatoms. The summed E-state index contributed by atoms with van der Waals surface area (Å²) in [5.41, 5.74) is 1.94. The first-order valence-corrected chi connectivity index (χ1v) is 5.93. The maximum Gasteiger partial charge on any atom is 0.264 e. The van der Waals surface area contributed by atoms with E-state index in [0.29, 0.717) is 0 Å². The zero-order chi connectivity index (χ0) is 13.1. The highest BCUT2D eigenvalue weighted by Crippen LogP contribution is 2.31. The Morgan fingerprint density at radius 1 is 1.50 bits per heavy atom. The number of hydrogen-bond acceptors (Lipinski definition) is 4. The summed E-state index contributed by atoms with van der Waals surface area (Å²) in [6, 6.07) is 5.86. The maximum atomic E-state index is 11.5. The number of carbonyl (C=O) groups is 1. The third-order valence-electron chi connectivity index (χ3n) is 3.13. The van der Waals surface area contributed by atoms with Crippen LogP contribution in [-0.4, -0.2) is 49.9 Å². The van der Waals surface area contributed by atoms with Gasteiger partial charge >= 0.3 is 0 Å². The van der Waals surface area contributed by atoms with Gasteiger partial charge < -0.3 is 14.7 Å². The molecule has 18 heavy (non-hydrogen) atoms. The summed E-state index contributed by atoms with van der Waals surface area (Å²) in [6.45, 7) is 0.927. The van der Waals surface area contributed by atoms with Crippen molar-refractivity contribution in [2.24, 2.45) is 0 Å². The number of aliphatic hydroxyl groups excluding tert-OH is 1. The second-order valence-electron chi connectivity index (χ2n) is 4.51. The number of aliphatic hydroxyl groups is 1. The van der Waals surface area contributed by atoms with Crippen LogP contribution in [0.2, 0.25) is 0 Å². The fourth-order valence-corrected chi connectivity index (χ4v) is 1.86. The van der Waals surface area contributed by atoms with Crippen LogP contribution in [-0.2, 0) is 11.2 Å². The van der Waals surface area contributed by atoms with E-state index in [4.69, 9.17) is 9.84 Å². The summed E-state index contributed by atoms with van der Waals surface area (Å²) < 4.78 is 5.37. The summed E-state index contributed by atoms with van der Waals surface area (Å²) in [6.07, 6.45) is 0.826. The van der Waals surface area contributed by atoms with E-state index >= 15 is 0 Å². The normalized spacial score (nSPS) is 14.7. The number of hydrogen-bond donors (Lipinski definition) is 1. The molecule has 0 unspecified atom stereocenters. The van der Waals surface area contributed by atoms with Crippen molar-refractivity contribution in [1.82, 2.24) is 4.90 Å². The molecule has 0 radical (unpaired) electrons. The van der Waals surface area contributed by atoms with Crippen LogP contribution in [0.25, 0.3) is 0 Å². The van der Waals surface area contributed by atoms with Crippen LogP contribution in [0.5, 0.6) is 5.75 Å². The molecule has 1 aliphatic rings. The van der Waals surface area contributed by atoms with Crippen molar-refractivity contribution in [1.29, 1.82) is 0 Å². The predicted molar refractivity (Wildman–Crippen MR) is 68.8 cm³/mol. The smallest absolute Gasteiger partial charge is 0.264 e. The van der Waals surface area contributed by atoms with Crippen molar-refractivity contribution in [3.8, 4) is 5.75 Å². The van der Waals surface area contributed by atoms with Gasteiger partial charge in [0.1, 0.15) is 5.75 Å². The average Bonchev–Trinajstić information content (AvgIpc) is 2.40. The minimum absolute atomic E-state index is 0.0351. The summed E-state index contributed by atoms with van der Waals surface area (Å²) in [5, 5.41) is 8.93. The van der Waals surface area contributed by atoms with Gasteiger partial charge in [-0.1, -0.05) is 6.07 Å². The molecule has 5 nitrogen and oxygen atoms in total. The molecule has 0 aromatic heterocycles. The molecule has 0 saturated carbocycles. The fourth-order valence-electron chi connectivity index (χ4n) is 1.86. The van der Waals surface area contributed by atoms with E-state index in [1.54, 1.807) is 11.9 Å². The highest BCUT2D eigenvalue weighted by molar-refractivity contribution is 5.97. The SMILES string of the molecule is CN(CO)CCc1ccc2c(c1)N(C)C(=O)CO2. The quantitative estimate of drug-likeness (QED) is 0.789. The molecule has 1 aromatic carbocycles. The lowest BCUT2D eigenvalue weighted by Crippen LogP contribution is -2.35. The van der Waals surface area contributed by atoms with Crippen LogP contribution in [0, 0.1) is 0 Å².